The van der Waals surface area contributed by atoms with Crippen molar-refractivity contribution < 1.29 is 9.53 Å². The molecule has 0 radical (unpaired) electrons. The van der Waals surface area contributed by atoms with Crippen LogP contribution in [0.25, 0.3) is 10.2 Å². The molecule has 0 spiro atoms. The summed E-state index contributed by atoms with van der Waals surface area (Å²) in [7, 11) is 0. The number of aromatic nitrogens is 1. The fourth-order valence-corrected chi connectivity index (χ4v) is 4.97. The van der Waals surface area contributed by atoms with E-state index in [1.807, 2.05) is 18.2 Å². The van der Waals surface area contributed by atoms with Crippen LogP contribution in [-0.2, 0) is 9.53 Å². The van der Waals surface area contributed by atoms with E-state index in [0.717, 1.165) is 60.4 Å². The average Bonchev–Trinajstić information content (AvgIpc) is 3.12. The predicted octanol–water partition coefficient (Wildman–Crippen LogP) is 3.94. The third-order valence-corrected chi connectivity index (χ3v) is 6.67. The summed E-state index contributed by atoms with van der Waals surface area (Å²) in [5.74, 6) is 1.10. The van der Waals surface area contributed by atoms with Crippen LogP contribution in [0.2, 0.25) is 0 Å². The number of carbonyl (C=O) groups is 1. The Morgan fingerprint density at radius 1 is 1.38 bits per heavy atom. The topological polar surface area (TPSA) is 66.5 Å². The molecule has 2 N–H and O–H groups in total. The fraction of sp³-hybridized carbons (Fsp3) is 0.600. The van der Waals surface area contributed by atoms with E-state index in [4.69, 9.17) is 9.72 Å². The first-order valence-corrected chi connectivity index (χ1v) is 10.7. The lowest BCUT2D eigenvalue weighted by Gasteiger charge is -2.28. The van der Waals surface area contributed by atoms with E-state index in [0.29, 0.717) is 18.3 Å². The standard InChI is InChI=1S/C20H28N4O2S.2ClH/c1-14(15-3-2-6-21-13-15)11-19(25)22-16-4-5-17-18(12-16)27-20(23-17)24-7-9-26-10-8-24;;/h4-5,12,14-15,21H,2-3,6-11,13H2,1H3,(H,22,25);2*1H. The first-order valence-electron chi connectivity index (χ1n) is 9.93. The van der Waals surface area contributed by atoms with Gasteiger partial charge >= 0.3 is 0 Å². The second kappa shape index (κ2) is 11.3. The van der Waals surface area contributed by atoms with Gasteiger partial charge in [-0.15, -0.1) is 24.8 Å². The molecule has 0 aliphatic carbocycles. The summed E-state index contributed by atoms with van der Waals surface area (Å²) in [6.07, 6.45) is 3.01. The van der Waals surface area contributed by atoms with E-state index in [1.165, 1.54) is 12.8 Å². The van der Waals surface area contributed by atoms with Crippen molar-refractivity contribution >= 4 is 63.1 Å². The molecule has 6 nitrogen and oxygen atoms in total. The number of thiazole rings is 1. The molecule has 0 saturated carbocycles. The molecule has 4 rings (SSSR count). The van der Waals surface area contributed by atoms with Crippen molar-refractivity contribution in [3.05, 3.63) is 18.2 Å². The SMILES string of the molecule is CC(CC(=O)Nc1ccc2nc(N3CCOCC3)sc2c1)C1CCCNC1.Cl.Cl. The van der Waals surface area contributed by atoms with E-state index in [-0.39, 0.29) is 30.7 Å². The molecular weight excluding hydrogens is 431 g/mol. The maximum absolute atomic E-state index is 12.5. The number of carbonyl (C=O) groups excluding carboxylic acids is 1. The zero-order valence-electron chi connectivity index (χ0n) is 16.7. The average molecular weight is 461 g/mol. The van der Waals surface area contributed by atoms with Gasteiger partial charge in [0.05, 0.1) is 23.4 Å². The van der Waals surface area contributed by atoms with Gasteiger partial charge in [0.25, 0.3) is 0 Å². The molecule has 2 fully saturated rings. The molecule has 2 aliphatic rings. The highest BCUT2D eigenvalue weighted by molar-refractivity contribution is 7.22. The van der Waals surface area contributed by atoms with Gasteiger partial charge in [0.2, 0.25) is 5.91 Å². The third-order valence-electron chi connectivity index (χ3n) is 5.59. The number of hydrogen-bond acceptors (Lipinski definition) is 6. The van der Waals surface area contributed by atoms with Crippen molar-refractivity contribution in [2.24, 2.45) is 11.8 Å². The second-order valence-corrected chi connectivity index (χ2v) is 8.62. The summed E-state index contributed by atoms with van der Waals surface area (Å²) in [6, 6.07) is 6.00. The van der Waals surface area contributed by atoms with Gasteiger partial charge in [-0.2, -0.15) is 0 Å². The van der Waals surface area contributed by atoms with Gasteiger partial charge in [-0.25, -0.2) is 4.98 Å². The molecule has 1 amide bonds. The Labute approximate surface area is 188 Å². The van der Waals surface area contributed by atoms with E-state index in [1.54, 1.807) is 11.3 Å². The lowest BCUT2D eigenvalue weighted by Crippen LogP contribution is -2.36. The van der Waals surface area contributed by atoms with Crippen LogP contribution in [0.5, 0.6) is 0 Å². The van der Waals surface area contributed by atoms with Crippen molar-refractivity contribution in [1.29, 1.82) is 0 Å². The van der Waals surface area contributed by atoms with Gasteiger partial charge in [0, 0.05) is 25.2 Å². The normalized spacial score (nSPS) is 20.4. The largest absolute Gasteiger partial charge is 0.378 e. The van der Waals surface area contributed by atoms with Gasteiger partial charge in [-0.3, -0.25) is 4.79 Å². The van der Waals surface area contributed by atoms with Gasteiger partial charge in [-0.1, -0.05) is 18.3 Å². The van der Waals surface area contributed by atoms with Crippen molar-refractivity contribution in [3.63, 3.8) is 0 Å². The number of ether oxygens (including phenoxy) is 1. The Kier molecular flexibility index (Phi) is 9.43. The van der Waals surface area contributed by atoms with Crippen LogP contribution >= 0.6 is 36.2 Å². The first kappa shape index (κ1) is 24.2. The second-order valence-electron chi connectivity index (χ2n) is 7.61. The van der Waals surface area contributed by atoms with E-state index in [9.17, 15) is 4.79 Å². The minimum atomic E-state index is 0. The van der Waals surface area contributed by atoms with Gasteiger partial charge in [0.1, 0.15) is 0 Å². The van der Waals surface area contributed by atoms with Gasteiger partial charge in [0.15, 0.2) is 5.13 Å². The lowest BCUT2D eigenvalue weighted by atomic mass is 9.85. The number of hydrogen-bond donors (Lipinski definition) is 2. The van der Waals surface area contributed by atoms with Crippen molar-refractivity contribution in [1.82, 2.24) is 10.3 Å². The number of nitrogens with zero attached hydrogens (tertiary/aromatic N) is 2. The monoisotopic (exact) mass is 460 g/mol. The van der Waals surface area contributed by atoms with Crippen molar-refractivity contribution in [2.45, 2.75) is 26.2 Å². The Hall–Kier alpha value is -1.12. The molecule has 2 unspecified atom stereocenters. The van der Waals surface area contributed by atoms with Gasteiger partial charge < -0.3 is 20.3 Å². The Bertz CT molecular complexity index is 792. The molecule has 2 saturated heterocycles. The minimum absolute atomic E-state index is 0. The summed E-state index contributed by atoms with van der Waals surface area (Å²) < 4.78 is 6.53. The van der Waals surface area contributed by atoms with Crippen LogP contribution in [0.1, 0.15) is 26.2 Å². The number of piperidine rings is 1. The van der Waals surface area contributed by atoms with Crippen molar-refractivity contribution in [3.8, 4) is 0 Å². The predicted molar refractivity (Wildman–Crippen MR) is 125 cm³/mol. The van der Waals surface area contributed by atoms with Crippen LogP contribution in [0.3, 0.4) is 0 Å². The fourth-order valence-electron chi connectivity index (χ4n) is 3.92. The molecule has 162 valence electrons. The van der Waals surface area contributed by atoms with Crippen LogP contribution in [-0.4, -0.2) is 50.3 Å². The van der Waals surface area contributed by atoms with Gasteiger partial charge in [-0.05, 0) is 56.0 Å². The van der Waals surface area contributed by atoms with E-state index >= 15 is 0 Å². The highest BCUT2D eigenvalue weighted by Gasteiger charge is 2.22. The zero-order valence-corrected chi connectivity index (χ0v) is 19.1. The zero-order chi connectivity index (χ0) is 18.6. The quantitative estimate of drug-likeness (QED) is 0.706. The molecular formula is C20H30Cl2N4O2S. The molecule has 2 aromatic rings. The Balaban J connectivity index is 0.00000150. The van der Waals surface area contributed by atoms with Crippen LogP contribution < -0.4 is 15.5 Å². The summed E-state index contributed by atoms with van der Waals surface area (Å²) >= 11 is 1.68. The molecule has 1 aromatic carbocycles. The molecule has 1 aromatic heterocycles. The summed E-state index contributed by atoms with van der Waals surface area (Å²) in [4.78, 5) is 19.5. The minimum Gasteiger partial charge on any atom is -0.378 e. The van der Waals surface area contributed by atoms with E-state index < -0.39 is 0 Å². The lowest BCUT2D eigenvalue weighted by molar-refractivity contribution is -0.117. The molecule has 0 bridgehead atoms. The molecule has 29 heavy (non-hydrogen) atoms. The van der Waals surface area contributed by atoms with Crippen LogP contribution in [0.4, 0.5) is 10.8 Å². The molecule has 2 atom stereocenters. The highest BCUT2D eigenvalue weighted by atomic mass is 35.5. The number of fused-ring (bicyclic) bond motifs is 1. The number of nitrogens with one attached hydrogen (secondary N) is 2. The number of morpholine rings is 1. The number of amides is 1. The summed E-state index contributed by atoms with van der Waals surface area (Å²) in [6.45, 7) is 7.62. The van der Waals surface area contributed by atoms with Crippen molar-refractivity contribution in [2.75, 3.05) is 49.6 Å². The number of rotatable bonds is 5. The molecule has 3 heterocycles. The maximum Gasteiger partial charge on any atom is 0.224 e. The van der Waals surface area contributed by atoms with Crippen LogP contribution in [0.15, 0.2) is 18.2 Å². The first-order chi connectivity index (χ1) is 13.2. The third kappa shape index (κ3) is 6.18. The number of halogens is 2. The summed E-state index contributed by atoms with van der Waals surface area (Å²) in [5.41, 5.74) is 1.85. The number of anilines is 2. The summed E-state index contributed by atoms with van der Waals surface area (Å²) in [5, 5.41) is 7.56. The Morgan fingerprint density at radius 3 is 2.90 bits per heavy atom. The molecule has 2 aliphatic heterocycles. The smallest absolute Gasteiger partial charge is 0.224 e. The molecule has 9 heteroatoms. The Morgan fingerprint density at radius 2 is 2.17 bits per heavy atom. The maximum atomic E-state index is 12.5. The highest BCUT2D eigenvalue weighted by Crippen LogP contribution is 2.31. The van der Waals surface area contributed by atoms with E-state index in [2.05, 4.69) is 22.5 Å². The number of benzene rings is 1. The van der Waals surface area contributed by atoms with Crippen LogP contribution in [0, 0.1) is 11.8 Å².